The Balaban J connectivity index is 1.29. The zero-order chi connectivity index (χ0) is 20.7. The third-order valence-electron chi connectivity index (χ3n) is 5.61. The molecule has 1 aliphatic rings. The summed E-state index contributed by atoms with van der Waals surface area (Å²) in [6.07, 6.45) is 5.00. The van der Waals surface area contributed by atoms with E-state index in [-0.39, 0.29) is 5.82 Å². The quantitative estimate of drug-likeness (QED) is 0.521. The number of fused-ring (bicyclic) bond motifs is 2. The molecule has 30 heavy (non-hydrogen) atoms. The van der Waals surface area contributed by atoms with E-state index in [2.05, 4.69) is 43.0 Å². The summed E-state index contributed by atoms with van der Waals surface area (Å²) in [4.78, 5) is 20.3. The number of halogens is 1. The summed E-state index contributed by atoms with van der Waals surface area (Å²) < 4.78 is 15.2. The minimum Gasteiger partial charge on any atom is -0.369 e. The Morgan fingerprint density at radius 1 is 1.00 bits per heavy atom. The first-order valence-electron chi connectivity index (χ1n) is 10.1. The first-order valence-corrected chi connectivity index (χ1v) is 10.1. The fourth-order valence-corrected chi connectivity index (χ4v) is 4.07. The van der Waals surface area contributed by atoms with Crippen LogP contribution in [0.1, 0.15) is 5.69 Å². The van der Waals surface area contributed by atoms with Gasteiger partial charge >= 0.3 is 0 Å². The topological polar surface area (TPSA) is 52.8 Å². The van der Waals surface area contributed by atoms with E-state index in [0.29, 0.717) is 0 Å². The smallest absolute Gasteiger partial charge is 0.139 e. The Hall–Kier alpha value is -3.26. The molecule has 4 aromatic rings. The second-order valence-corrected chi connectivity index (χ2v) is 7.90. The zero-order valence-electron chi connectivity index (χ0n) is 17.2. The molecule has 1 fully saturated rings. The average Bonchev–Trinajstić information content (AvgIpc) is 3.14. The van der Waals surface area contributed by atoms with Crippen LogP contribution < -0.4 is 9.80 Å². The maximum absolute atomic E-state index is 13.4. The van der Waals surface area contributed by atoms with Crippen molar-refractivity contribution < 1.29 is 4.39 Å². The number of rotatable bonds is 4. The third kappa shape index (κ3) is 3.54. The van der Waals surface area contributed by atoms with Crippen molar-refractivity contribution in [2.24, 2.45) is 0 Å². The number of anilines is 2. The normalized spacial score (nSPS) is 15.2. The van der Waals surface area contributed by atoms with Crippen molar-refractivity contribution in [3.8, 4) is 0 Å². The number of pyridine rings is 1. The predicted molar refractivity (Wildman–Crippen MR) is 117 cm³/mol. The SMILES string of the molecule is CN(C)c1ncnc2ccc(N3CCN(Cc4cn5cc(F)ccc5n4)CC3)cc12. The maximum Gasteiger partial charge on any atom is 0.139 e. The molecule has 1 saturated heterocycles. The summed E-state index contributed by atoms with van der Waals surface area (Å²) in [5.41, 5.74) is 3.90. The molecule has 0 bridgehead atoms. The number of piperazine rings is 1. The fourth-order valence-electron chi connectivity index (χ4n) is 4.07. The van der Waals surface area contributed by atoms with Crippen LogP contribution in [0.15, 0.2) is 49.1 Å². The average molecular weight is 405 g/mol. The monoisotopic (exact) mass is 405 g/mol. The van der Waals surface area contributed by atoms with E-state index >= 15 is 0 Å². The van der Waals surface area contributed by atoms with Crippen molar-refractivity contribution in [3.63, 3.8) is 0 Å². The number of benzene rings is 1. The lowest BCUT2D eigenvalue weighted by atomic mass is 10.1. The standard InChI is InChI=1S/C22H24FN7/c1-27(2)22-19-11-18(4-5-20(19)24-15-25-22)29-9-7-28(8-10-29)13-17-14-30-12-16(23)3-6-21(30)26-17/h3-6,11-12,14-15H,7-10,13H2,1-2H3. The van der Waals surface area contributed by atoms with Gasteiger partial charge in [-0.3, -0.25) is 4.90 Å². The molecule has 7 nitrogen and oxygen atoms in total. The molecule has 0 aliphatic carbocycles. The lowest BCUT2D eigenvalue weighted by Crippen LogP contribution is -2.46. The number of hydrogen-bond acceptors (Lipinski definition) is 6. The van der Waals surface area contributed by atoms with Gasteiger partial charge in [0.05, 0.1) is 11.2 Å². The van der Waals surface area contributed by atoms with Crippen LogP contribution in [-0.2, 0) is 6.54 Å². The molecular formula is C22H24FN7. The minimum absolute atomic E-state index is 0.252. The van der Waals surface area contributed by atoms with Crippen LogP contribution in [0.5, 0.6) is 0 Å². The highest BCUT2D eigenvalue weighted by Crippen LogP contribution is 2.27. The lowest BCUT2D eigenvalue weighted by molar-refractivity contribution is 0.247. The van der Waals surface area contributed by atoms with Crippen molar-refractivity contribution >= 4 is 28.1 Å². The van der Waals surface area contributed by atoms with Crippen molar-refractivity contribution in [1.29, 1.82) is 0 Å². The number of hydrogen-bond donors (Lipinski definition) is 0. The van der Waals surface area contributed by atoms with E-state index in [1.807, 2.05) is 25.2 Å². The first kappa shape index (κ1) is 18.7. The maximum atomic E-state index is 13.4. The van der Waals surface area contributed by atoms with E-state index in [9.17, 15) is 4.39 Å². The van der Waals surface area contributed by atoms with Gasteiger partial charge < -0.3 is 14.2 Å². The molecule has 0 radical (unpaired) electrons. The second kappa shape index (κ2) is 7.53. The Morgan fingerprint density at radius 2 is 1.83 bits per heavy atom. The van der Waals surface area contributed by atoms with Gasteiger partial charge in [-0.05, 0) is 30.3 Å². The summed E-state index contributed by atoms with van der Waals surface area (Å²) in [5, 5.41) is 1.07. The summed E-state index contributed by atoms with van der Waals surface area (Å²) in [5.74, 6) is 0.682. The van der Waals surface area contributed by atoms with Crippen LogP contribution in [0, 0.1) is 5.82 Å². The van der Waals surface area contributed by atoms with Gasteiger partial charge in [-0.15, -0.1) is 0 Å². The van der Waals surface area contributed by atoms with Gasteiger partial charge in [0.15, 0.2) is 0 Å². The minimum atomic E-state index is -0.252. The van der Waals surface area contributed by atoms with Crippen molar-refractivity contribution in [3.05, 3.63) is 60.6 Å². The Morgan fingerprint density at radius 3 is 2.63 bits per heavy atom. The number of imidazole rings is 1. The zero-order valence-corrected chi connectivity index (χ0v) is 17.2. The summed E-state index contributed by atoms with van der Waals surface area (Å²) in [6, 6.07) is 9.56. The molecule has 0 atom stereocenters. The molecule has 5 rings (SSSR count). The molecule has 0 saturated carbocycles. The molecule has 0 unspecified atom stereocenters. The van der Waals surface area contributed by atoms with Crippen molar-refractivity contribution in [2.75, 3.05) is 50.1 Å². The summed E-state index contributed by atoms with van der Waals surface area (Å²) in [7, 11) is 4.00. The Kier molecular flexibility index (Phi) is 4.71. The van der Waals surface area contributed by atoms with Gasteiger partial charge in [0.2, 0.25) is 0 Å². The van der Waals surface area contributed by atoms with Crippen LogP contribution in [0.2, 0.25) is 0 Å². The van der Waals surface area contributed by atoms with Gasteiger partial charge in [-0.1, -0.05) is 0 Å². The molecule has 0 spiro atoms. The summed E-state index contributed by atoms with van der Waals surface area (Å²) in [6.45, 7) is 4.56. The largest absolute Gasteiger partial charge is 0.369 e. The fraction of sp³-hybridized carbons (Fsp3) is 0.318. The van der Waals surface area contributed by atoms with Crippen LogP contribution in [-0.4, -0.2) is 64.5 Å². The Bertz CT molecular complexity index is 1190. The second-order valence-electron chi connectivity index (χ2n) is 7.90. The molecule has 0 amide bonds. The highest BCUT2D eigenvalue weighted by Gasteiger charge is 2.19. The van der Waals surface area contributed by atoms with Crippen LogP contribution >= 0.6 is 0 Å². The Labute approximate surface area is 174 Å². The third-order valence-corrected chi connectivity index (χ3v) is 5.61. The van der Waals surface area contributed by atoms with Crippen molar-refractivity contribution in [1.82, 2.24) is 24.3 Å². The molecule has 4 heterocycles. The molecular weight excluding hydrogens is 381 g/mol. The van der Waals surface area contributed by atoms with Crippen LogP contribution in [0.4, 0.5) is 15.9 Å². The van der Waals surface area contributed by atoms with E-state index in [4.69, 9.17) is 0 Å². The van der Waals surface area contributed by atoms with Gasteiger partial charge in [0.1, 0.15) is 23.6 Å². The van der Waals surface area contributed by atoms with Crippen LogP contribution in [0.3, 0.4) is 0 Å². The molecule has 1 aliphatic heterocycles. The first-order chi connectivity index (χ1) is 14.6. The molecule has 3 aromatic heterocycles. The van der Waals surface area contributed by atoms with Crippen LogP contribution in [0.25, 0.3) is 16.6 Å². The molecule has 1 aromatic carbocycles. The van der Waals surface area contributed by atoms with E-state index < -0.39 is 0 Å². The predicted octanol–water partition coefficient (Wildman–Crippen LogP) is 2.80. The van der Waals surface area contributed by atoms with E-state index in [1.54, 1.807) is 16.8 Å². The lowest BCUT2D eigenvalue weighted by Gasteiger charge is -2.36. The molecule has 154 valence electrons. The van der Waals surface area contributed by atoms with E-state index in [1.165, 1.54) is 18.0 Å². The highest BCUT2D eigenvalue weighted by molar-refractivity contribution is 5.91. The van der Waals surface area contributed by atoms with E-state index in [0.717, 1.165) is 60.8 Å². The highest BCUT2D eigenvalue weighted by atomic mass is 19.1. The molecule has 8 heteroatoms. The van der Waals surface area contributed by atoms with Gasteiger partial charge in [-0.25, -0.2) is 19.3 Å². The number of aromatic nitrogens is 4. The van der Waals surface area contributed by atoms with Gasteiger partial charge in [0, 0.05) is 70.3 Å². The van der Waals surface area contributed by atoms with Crippen molar-refractivity contribution in [2.45, 2.75) is 6.54 Å². The van der Waals surface area contributed by atoms with Gasteiger partial charge in [0.25, 0.3) is 0 Å². The number of nitrogens with zero attached hydrogens (tertiary/aromatic N) is 7. The summed E-state index contributed by atoms with van der Waals surface area (Å²) >= 11 is 0. The molecule has 0 N–H and O–H groups in total. The van der Waals surface area contributed by atoms with Gasteiger partial charge in [-0.2, -0.15) is 0 Å².